The summed E-state index contributed by atoms with van der Waals surface area (Å²) in [6.07, 6.45) is 5.87. The van der Waals surface area contributed by atoms with Crippen LogP contribution >= 0.6 is 0 Å². The van der Waals surface area contributed by atoms with Gasteiger partial charge >= 0.3 is 0 Å². The van der Waals surface area contributed by atoms with Crippen molar-refractivity contribution in [1.29, 1.82) is 0 Å². The third kappa shape index (κ3) is 5.33. The molecule has 0 amide bonds. The van der Waals surface area contributed by atoms with E-state index in [1.54, 1.807) is 0 Å². The van der Waals surface area contributed by atoms with Crippen LogP contribution in [-0.2, 0) is 6.42 Å². The molecule has 21 heavy (non-hydrogen) atoms. The zero-order valence-corrected chi connectivity index (χ0v) is 13.4. The Morgan fingerprint density at radius 2 is 1.90 bits per heavy atom. The SMILES string of the molecule is CCc1ccc(OCC(O)CNCC2(C)CCCC2)cc1. The van der Waals surface area contributed by atoms with Crippen molar-refractivity contribution in [2.45, 2.75) is 52.1 Å². The molecule has 0 aliphatic heterocycles. The molecule has 1 aromatic carbocycles. The average molecular weight is 291 g/mol. The van der Waals surface area contributed by atoms with Gasteiger partial charge in [-0.2, -0.15) is 0 Å². The Labute approximate surface area is 128 Å². The minimum atomic E-state index is -0.458. The van der Waals surface area contributed by atoms with Gasteiger partial charge in [-0.15, -0.1) is 0 Å². The third-order valence-electron chi connectivity index (χ3n) is 4.52. The molecule has 0 saturated heterocycles. The molecule has 118 valence electrons. The molecular formula is C18H29NO2. The molecule has 0 heterocycles. The summed E-state index contributed by atoms with van der Waals surface area (Å²) in [5.41, 5.74) is 1.73. The molecule has 3 heteroatoms. The van der Waals surface area contributed by atoms with Gasteiger partial charge in [0, 0.05) is 13.1 Å². The Morgan fingerprint density at radius 1 is 1.24 bits per heavy atom. The molecule has 1 atom stereocenters. The minimum Gasteiger partial charge on any atom is -0.491 e. The molecule has 1 fully saturated rings. The van der Waals surface area contributed by atoms with Crippen LogP contribution in [-0.4, -0.2) is 30.9 Å². The van der Waals surface area contributed by atoms with Crippen LogP contribution in [0.2, 0.25) is 0 Å². The second-order valence-corrected chi connectivity index (χ2v) is 6.61. The summed E-state index contributed by atoms with van der Waals surface area (Å²) < 4.78 is 5.62. The van der Waals surface area contributed by atoms with Gasteiger partial charge in [0.1, 0.15) is 18.5 Å². The first-order chi connectivity index (χ1) is 10.1. The summed E-state index contributed by atoms with van der Waals surface area (Å²) in [5.74, 6) is 0.828. The highest BCUT2D eigenvalue weighted by molar-refractivity contribution is 5.27. The van der Waals surface area contributed by atoms with E-state index in [9.17, 15) is 5.11 Å². The van der Waals surface area contributed by atoms with Gasteiger partial charge in [-0.1, -0.05) is 38.8 Å². The Morgan fingerprint density at radius 3 is 2.52 bits per heavy atom. The number of hydrogen-bond donors (Lipinski definition) is 2. The van der Waals surface area contributed by atoms with Crippen molar-refractivity contribution in [3.63, 3.8) is 0 Å². The Hall–Kier alpha value is -1.06. The van der Waals surface area contributed by atoms with Gasteiger partial charge in [-0.25, -0.2) is 0 Å². The van der Waals surface area contributed by atoms with Gasteiger partial charge in [-0.05, 0) is 42.4 Å². The van der Waals surface area contributed by atoms with Crippen LogP contribution < -0.4 is 10.1 Å². The van der Waals surface area contributed by atoms with Crippen molar-refractivity contribution >= 4 is 0 Å². The molecule has 0 aromatic heterocycles. The quantitative estimate of drug-likeness (QED) is 0.773. The van der Waals surface area contributed by atoms with E-state index in [1.807, 2.05) is 12.1 Å². The second-order valence-electron chi connectivity index (χ2n) is 6.61. The van der Waals surface area contributed by atoms with Crippen molar-refractivity contribution in [2.75, 3.05) is 19.7 Å². The van der Waals surface area contributed by atoms with Gasteiger partial charge in [0.2, 0.25) is 0 Å². The number of benzene rings is 1. The van der Waals surface area contributed by atoms with E-state index in [0.717, 1.165) is 18.7 Å². The molecule has 0 spiro atoms. The van der Waals surface area contributed by atoms with Gasteiger partial charge in [0.15, 0.2) is 0 Å². The number of rotatable bonds is 8. The number of nitrogens with one attached hydrogen (secondary N) is 1. The number of aryl methyl sites for hydroxylation is 1. The zero-order chi connectivity index (χ0) is 15.1. The normalized spacial score (nSPS) is 18.6. The molecular weight excluding hydrogens is 262 g/mol. The summed E-state index contributed by atoms with van der Waals surface area (Å²) in [5, 5.41) is 13.4. The van der Waals surface area contributed by atoms with E-state index in [-0.39, 0.29) is 0 Å². The summed E-state index contributed by atoms with van der Waals surface area (Å²) >= 11 is 0. The molecule has 1 saturated carbocycles. The van der Waals surface area contributed by atoms with Crippen LogP contribution in [0, 0.1) is 5.41 Å². The molecule has 0 bridgehead atoms. The van der Waals surface area contributed by atoms with E-state index in [4.69, 9.17) is 4.74 Å². The van der Waals surface area contributed by atoms with Crippen molar-refractivity contribution in [2.24, 2.45) is 5.41 Å². The first kappa shape index (κ1) is 16.3. The lowest BCUT2D eigenvalue weighted by Gasteiger charge is -2.24. The molecule has 0 radical (unpaired) electrons. The molecule has 2 rings (SSSR count). The van der Waals surface area contributed by atoms with Crippen LogP contribution in [0.5, 0.6) is 5.75 Å². The van der Waals surface area contributed by atoms with Gasteiger partial charge in [0.05, 0.1) is 0 Å². The van der Waals surface area contributed by atoms with Crippen LogP contribution in [0.3, 0.4) is 0 Å². The molecule has 1 aliphatic rings. The monoisotopic (exact) mass is 291 g/mol. The predicted molar refractivity (Wildman–Crippen MR) is 86.8 cm³/mol. The Kier molecular flexibility index (Phi) is 6.07. The largest absolute Gasteiger partial charge is 0.491 e. The smallest absolute Gasteiger partial charge is 0.119 e. The minimum absolute atomic E-state index is 0.342. The molecule has 2 N–H and O–H groups in total. The molecule has 3 nitrogen and oxygen atoms in total. The fourth-order valence-corrected chi connectivity index (χ4v) is 3.02. The fourth-order valence-electron chi connectivity index (χ4n) is 3.02. The lowest BCUT2D eigenvalue weighted by atomic mass is 9.89. The van der Waals surface area contributed by atoms with Crippen LogP contribution in [0.15, 0.2) is 24.3 Å². The Balaban J connectivity index is 1.63. The highest BCUT2D eigenvalue weighted by atomic mass is 16.5. The maximum absolute atomic E-state index is 9.98. The van der Waals surface area contributed by atoms with Crippen LogP contribution in [0.4, 0.5) is 0 Å². The maximum atomic E-state index is 9.98. The summed E-state index contributed by atoms with van der Waals surface area (Å²) in [6.45, 7) is 6.41. The van der Waals surface area contributed by atoms with Gasteiger partial charge in [-0.3, -0.25) is 0 Å². The third-order valence-corrected chi connectivity index (χ3v) is 4.52. The van der Waals surface area contributed by atoms with E-state index in [0.29, 0.717) is 18.6 Å². The van der Waals surface area contributed by atoms with Gasteiger partial charge < -0.3 is 15.2 Å². The van der Waals surface area contributed by atoms with Crippen molar-refractivity contribution in [3.05, 3.63) is 29.8 Å². The van der Waals surface area contributed by atoms with Gasteiger partial charge in [0.25, 0.3) is 0 Å². The topological polar surface area (TPSA) is 41.5 Å². The van der Waals surface area contributed by atoms with Crippen molar-refractivity contribution in [1.82, 2.24) is 5.32 Å². The fraction of sp³-hybridized carbons (Fsp3) is 0.667. The number of aliphatic hydroxyl groups is 1. The second kappa shape index (κ2) is 7.81. The van der Waals surface area contributed by atoms with Crippen molar-refractivity contribution < 1.29 is 9.84 Å². The lowest BCUT2D eigenvalue weighted by molar-refractivity contribution is 0.103. The van der Waals surface area contributed by atoms with E-state index in [2.05, 4.69) is 31.3 Å². The highest BCUT2D eigenvalue weighted by Crippen LogP contribution is 2.36. The first-order valence-electron chi connectivity index (χ1n) is 8.22. The van der Waals surface area contributed by atoms with E-state index in [1.165, 1.54) is 31.2 Å². The van der Waals surface area contributed by atoms with E-state index < -0.39 is 6.10 Å². The zero-order valence-electron chi connectivity index (χ0n) is 13.4. The molecule has 1 unspecified atom stereocenters. The number of ether oxygens (including phenoxy) is 1. The Bertz CT molecular complexity index is 410. The summed E-state index contributed by atoms with van der Waals surface area (Å²) in [6, 6.07) is 8.08. The molecule has 1 aromatic rings. The number of hydrogen-bond acceptors (Lipinski definition) is 3. The number of aliphatic hydroxyl groups excluding tert-OH is 1. The van der Waals surface area contributed by atoms with Crippen LogP contribution in [0.25, 0.3) is 0 Å². The summed E-state index contributed by atoms with van der Waals surface area (Å²) in [4.78, 5) is 0. The van der Waals surface area contributed by atoms with E-state index >= 15 is 0 Å². The highest BCUT2D eigenvalue weighted by Gasteiger charge is 2.28. The lowest BCUT2D eigenvalue weighted by Crippen LogP contribution is -2.37. The standard InChI is InChI=1S/C18H29NO2/c1-3-15-6-8-17(9-7-15)21-13-16(20)12-19-14-18(2)10-4-5-11-18/h6-9,16,19-20H,3-5,10-14H2,1-2H3. The van der Waals surface area contributed by atoms with Crippen LogP contribution in [0.1, 0.15) is 45.1 Å². The average Bonchev–Trinajstić information content (AvgIpc) is 2.92. The van der Waals surface area contributed by atoms with Crippen molar-refractivity contribution in [3.8, 4) is 5.75 Å². The maximum Gasteiger partial charge on any atom is 0.119 e. The predicted octanol–water partition coefficient (Wildman–Crippen LogP) is 3.16. The summed E-state index contributed by atoms with van der Waals surface area (Å²) in [7, 11) is 0. The molecule has 1 aliphatic carbocycles. The first-order valence-corrected chi connectivity index (χ1v) is 8.22.